The number of aryl methyl sites for hydroxylation is 2. The summed E-state index contributed by atoms with van der Waals surface area (Å²) >= 11 is 1.26. The Morgan fingerprint density at radius 3 is 2.47 bits per heavy atom. The summed E-state index contributed by atoms with van der Waals surface area (Å²) in [5, 5.41) is 9.59. The summed E-state index contributed by atoms with van der Waals surface area (Å²) in [5.74, 6) is -1.04. The fourth-order valence-corrected chi connectivity index (χ4v) is 2.60. The van der Waals surface area contributed by atoms with Gasteiger partial charge in [0.1, 0.15) is 0 Å². The van der Waals surface area contributed by atoms with Crippen LogP contribution in [0.3, 0.4) is 0 Å². The summed E-state index contributed by atoms with van der Waals surface area (Å²) in [7, 11) is 0. The van der Waals surface area contributed by atoms with Crippen LogP contribution < -0.4 is 5.73 Å². The minimum Gasteiger partial charge on any atom is -0.478 e. The lowest BCUT2D eigenvalue weighted by molar-refractivity contribution is 0.0698. The van der Waals surface area contributed by atoms with Crippen LogP contribution in [0.1, 0.15) is 21.7 Å². The minimum absolute atomic E-state index is 0.0920. The molecular formula is C13H13N3O2S. The summed E-state index contributed by atoms with van der Waals surface area (Å²) in [5.41, 5.74) is 7.91. The first-order valence-electron chi connectivity index (χ1n) is 5.59. The van der Waals surface area contributed by atoms with Crippen LogP contribution in [0.5, 0.6) is 0 Å². The van der Waals surface area contributed by atoms with E-state index in [0.717, 1.165) is 11.4 Å². The molecule has 2 aromatic rings. The van der Waals surface area contributed by atoms with E-state index in [1.165, 1.54) is 17.8 Å². The Morgan fingerprint density at radius 1 is 1.26 bits per heavy atom. The fraction of sp³-hybridized carbons (Fsp3) is 0.154. The predicted octanol–water partition coefficient (Wildman–Crippen LogP) is 2.53. The van der Waals surface area contributed by atoms with Gasteiger partial charge in [-0.05, 0) is 43.8 Å². The number of hydrogen-bond donors (Lipinski definition) is 2. The van der Waals surface area contributed by atoms with Gasteiger partial charge in [0, 0.05) is 16.3 Å². The summed E-state index contributed by atoms with van der Waals surface area (Å²) in [6.07, 6.45) is 0. The molecule has 5 nitrogen and oxygen atoms in total. The third-order valence-electron chi connectivity index (χ3n) is 2.46. The number of anilines is 1. The van der Waals surface area contributed by atoms with Crippen LogP contribution in [-0.2, 0) is 0 Å². The molecule has 1 heterocycles. The van der Waals surface area contributed by atoms with Gasteiger partial charge in [-0.1, -0.05) is 6.07 Å². The maximum absolute atomic E-state index is 11.0. The van der Waals surface area contributed by atoms with Crippen LogP contribution in [0.25, 0.3) is 0 Å². The van der Waals surface area contributed by atoms with E-state index in [-0.39, 0.29) is 11.3 Å². The standard InChI is InChI=1S/C13H13N3O2S/c1-7-6-8(2)16-13(15-7)19-10-5-3-4-9(11(10)14)12(17)18/h3-6H,14H2,1-2H3,(H,17,18). The van der Waals surface area contributed by atoms with Gasteiger partial charge >= 0.3 is 5.97 Å². The maximum atomic E-state index is 11.0. The van der Waals surface area contributed by atoms with Crippen molar-refractivity contribution in [3.05, 3.63) is 41.2 Å². The molecule has 0 atom stereocenters. The largest absolute Gasteiger partial charge is 0.478 e. The van der Waals surface area contributed by atoms with Crippen molar-refractivity contribution in [3.63, 3.8) is 0 Å². The van der Waals surface area contributed by atoms with E-state index < -0.39 is 5.97 Å². The molecule has 0 unspecified atom stereocenters. The molecule has 2 rings (SSSR count). The summed E-state index contributed by atoms with van der Waals surface area (Å²) in [6.45, 7) is 3.77. The van der Waals surface area contributed by atoms with Crippen LogP contribution in [0.15, 0.2) is 34.3 Å². The highest BCUT2D eigenvalue weighted by Gasteiger charge is 2.13. The Hall–Kier alpha value is -2.08. The molecule has 6 heteroatoms. The first kappa shape index (κ1) is 13.4. The van der Waals surface area contributed by atoms with Crippen LogP contribution in [0.4, 0.5) is 5.69 Å². The Kier molecular flexibility index (Phi) is 3.71. The Morgan fingerprint density at radius 2 is 1.89 bits per heavy atom. The van der Waals surface area contributed by atoms with E-state index in [9.17, 15) is 4.79 Å². The Bertz CT molecular complexity index is 624. The second-order valence-corrected chi connectivity index (χ2v) is 5.07. The number of nitrogen functional groups attached to an aromatic ring is 1. The smallest absolute Gasteiger partial charge is 0.337 e. The number of nitrogens with zero attached hydrogens (tertiary/aromatic N) is 2. The van der Waals surface area contributed by atoms with E-state index in [2.05, 4.69) is 9.97 Å². The molecule has 0 bridgehead atoms. The molecular weight excluding hydrogens is 262 g/mol. The molecule has 3 N–H and O–H groups in total. The number of carboxylic acids is 1. The molecule has 1 aromatic carbocycles. The quantitative estimate of drug-likeness (QED) is 0.661. The zero-order valence-electron chi connectivity index (χ0n) is 10.5. The number of hydrogen-bond acceptors (Lipinski definition) is 5. The SMILES string of the molecule is Cc1cc(C)nc(Sc2cccc(C(=O)O)c2N)n1. The van der Waals surface area contributed by atoms with Crippen molar-refractivity contribution >= 4 is 23.4 Å². The zero-order chi connectivity index (χ0) is 14.0. The van der Waals surface area contributed by atoms with Crippen LogP contribution in [0.2, 0.25) is 0 Å². The molecule has 0 spiro atoms. The number of benzene rings is 1. The number of aromatic carboxylic acids is 1. The van der Waals surface area contributed by atoms with E-state index in [1.54, 1.807) is 12.1 Å². The highest BCUT2D eigenvalue weighted by atomic mass is 32.2. The summed E-state index contributed by atoms with van der Waals surface area (Å²) in [4.78, 5) is 20.2. The summed E-state index contributed by atoms with van der Waals surface area (Å²) < 4.78 is 0. The van der Waals surface area contributed by atoms with Gasteiger partial charge in [-0.3, -0.25) is 0 Å². The number of carboxylic acid groups (broad SMARTS) is 1. The van der Waals surface area contributed by atoms with Crippen molar-refractivity contribution in [2.75, 3.05) is 5.73 Å². The van der Waals surface area contributed by atoms with E-state index in [0.29, 0.717) is 10.1 Å². The molecule has 0 fully saturated rings. The van der Waals surface area contributed by atoms with Crippen LogP contribution in [-0.4, -0.2) is 21.0 Å². The average molecular weight is 275 g/mol. The first-order chi connectivity index (χ1) is 8.97. The predicted molar refractivity (Wildman–Crippen MR) is 73.4 cm³/mol. The fourth-order valence-electron chi connectivity index (χ4n) is 1.66. The average Bonchev–Trinajstić information content (AvgIpc) is 2.30. The lowest BCUT2D eigenvalue weighted by Gasteiger charge is -2.07. The molecule has 0 amide bonds. The van der Waals surface area contributed by atoms with Crippen molar-refractivity contribution in [2.24, 2.45) is 0 Å². The van der Waals surface area contributed by atoms with Gasteiger partial charge in [0.2, 0.25) is 0 Å². The van der Waals surface area contributed by atoms with E-state index in [4.69, 9.17) is 10.8 Å². The van der Waals surface area contributed by atoms with Crippen molar-refractivity contribution in [1.29, 1.82) is 0 Å². The van der Waals surface area contributed by atoms with Gasteiger partial charge in [0.05, 0.1) is 11.3 Å². The normalized spacial score (nSPS) is 10.4. The Balaban J connectivity index is 2.38. The molecule has 0 aliphatic carbocycles. The number of aromatic nitrogens is 2. The van der Waals surface area contributed by atoms with Crippen LogP contribution >= 0.6 is 11.8 Å². The second-order valence-electron chi connectivity index (χ2n) is 4.06. The molecule has 1 aromatic heterocycles. The van der Waals surface area contributed by atoms with Gasteiger partial charge in [-0.25, -0.2) is 14.8 Å². The van der Waals surface area contributed by atoms with Gasteiger partial charge in [0.25, 0.3) is 0 Å². The monoisotopic (exact) mass is 275 g/mol. The lowest BCUT2D eigenvalue weighted by atomic mass is 10.2. The van der Waals surface area contributed by atoms with Crippen molar-refractivity contribution in [2.45, 2.75) is 23.9 Å². The van der Waals surface area contributed by atoms with Gasteiger partial charge in [-0.2, -0.15) is 0 Å². The highest BCUT2D eigenvalue weighted by Crippen LogP contribution is 2.32. The van der Waals surface area contributed by atoms with Crippen molar-refractivity contribution in [1.82, 2.24) is 9.97 Å². The third kappa shape index (κ3) is 3.03. The van der Waals surface area contributed by atoms with E-state index in [1.807, 2.05) is 19.9 Å². The van der Waals surface area contributed by atoms with Gasteiger partial charge < -0.3 is 10.8 Å². The summed E-state index contributed by atoms with van der Waals surface area (Å²) in [6, 6.07) is 6.77. The third-order valence-corrected chi connectivity index (χ3v) is 3.40. The zero-order valence-corrected chi connectivity index (χ0v) is 11.4. The number of rotatable bonds is 3. The lowest BCUT2D eigenvalue weighted by Crippen LogP contribution is -2.03. The molecule has 0 aliphatic heterocycles. The van der Waals surface area contributed by atoms with Gasteiger partial charge in [-0.15, -0.1) is 0 Å². The topological polar surface area (TPSA) is 89.1 Å². The highest BCUT2D eigenvalue weighted by molar-refractivity contribution is 7.99. The first-order valence-corrected chi connectivity index (χ1v) is 6.41. The molecule has 0 saturated heterocycles. The van der Waals surface area contributed by atoms with Gasteiger partial charge in [0.15, 0.2) is 5.16 Å². The molecule has 0 saturated carbocycles. The second kappa shape index (κ2) is 5.27. The van der Waals surface area contributed by atoms with E-state index >= 15 is 0 Å². The number of para-hydroxylation sites is 1. The Labute approximate surface area is 114 Å². The molecule has 0 aliphatic rings. The molecule has 19 heavy (non-hydrogen) atoms. The van der Waals surface area contributed by atoms with Crippen LogP contribution in [0, 0.1) is 13.8 Å². The molecule has 98 valence electrons. The maximum Gasteiger partial charge on any atom is 0.337 e. The number of nitrogens with two attached hydrogens (primary N) is 1. The van der Waals surface area contributed by atoms with Crippen molar-refractivity contribution in [3.8, 4) is 0 Å². The molecule has 0 radical (unpaired) electrons. The minimum atomic E-state index is -1.04. The number of carbonyl (C=O) groups is 1. The van der Waals surface area contributed by atoms with Crippen molar-refractivity contribution < 1.29 is 9.90 Å².